The number of carbonyl (C=O) groups excluding carboxylic acids is 4. The van der Waals surface area contributed by atoms with Gasteiger partial charge in [-0.3, -0.25) is 24.1 Å². The molecule has 0 N–H and O–H groups in total. The lowest BCUT2D eigenvalue weighted by atomic mass is 10.1. The van der Waals surface area contributed by atoms with Crippen LogP contribution in [0.4, 0.5) is 33.7 Å². The van der Waals surface area contributed by atoms with Crippen LogP contribution in [0.25, 0.3) is 0 Å². The van der Waals surface area contributed by atoms with Gasteiger partial charge in [0.05, 0.1) is 25.4 Å². The molecule has 2 heterocycles. The zero-order valence-electron chi connectivity index (χ0n) is 18.7. The van der Waals surface area contributed by atoms with Crippen molar-refractivity contribution in [3.8, 4) is 0 Å². The lowest BCUT2D eigenvalue weighted by Crippen LogP contribution is -2.37. The Kier molecular flexibility index (Phi) is 8.48. The summed E-state index contributed by atoms with van der Waals surface area (Å²) >= 11 is 0. The van der Waals surface area contributed by atoms with Crippen LogP contribution in [0, 0.1) is 11.6 Å². The topological polar surface area (TPSA) is 106 Å². The number of alkyl halides is 2. The Balaban J connectivity index is 1.65. The van der Waals surface area contributed by atoms with Crippen molar-refractivity contribution in [2.45, 2.75) is 32.3 Å². The number of esters is 1. The van der Waals surface area contributed by atoms with Crippen LogP contribution in [-0.2, 0) is 28.7 Å². The second-order valence-corrected chi connectivity index (χ2v) is 7.78. The van der Waals surface area contributed by atoms with Crippen molar-refractivity contribution < 1.29 is 51.1 Å². The highest BCUT2D eigenvalue weighted by molar-refractivity contribution is 5.90. The summed E-state index contributed by atoms with van der Waals surface area (Å²) in [5.74, 6) is -4.52. The average molecular weight is 505 g/mol. The minimum atomic E-state index is -3.12. The molecule has 0 spiro atoms. The third kappa shape index (κ3) is 6.59. The smallest absolute Gasteiger partial charge is 0.414 e. The summed E-state index contributed by atoms with van der Waals surface area (Å²) in [7, 11) is 0. The van der Waals surface area contributed by atoms with Gasteiger partial charge in [0.1, 0.15) is 11.8 Å². The number of cyclic esters (lactones) is 1. The summed E-state index contributed by atoms with van der Waals surface area (Å²) < 4.78 is 64.2. The lowest BCUT2D eigenvalue weighted by Gasteiger charge is -2.24. The fourth-order valence-electron chi connectivity index (χ4n) is 3.61. The maximum atomic E-state index is 14.9. The van der Waals surface area contributed by atoms with Crippen molar-refractivity contribution in [2.75, 3.05) is 49.2 Å². The van der Waals surface area contributed by atoms with Crippen LogP contribution in [-0.4, -0.2) is 80.7 Å². The number of ketones is 1. The number of hydrogen-bond donors (Lipinski definition) is 0. The fraction of sp³-hybridized carbons (Fsp3) is 0.524. The maximum absolute atomic E-state index is 14.9. The summed E-state index contributed by atoms with van der Waals surface area (Å²) in [6.45, 7) is 0.355. The van der Waals surface area contributed by atoms with E-state index in [1.807, 2.05) is 0 Å². The van der Waals surface area contributed by atoms with E-state index in [2.05, 4.69) is 4.74 Å². The third-order valence-corrected chi connectivity index (χ3v) is 5.32. The molecule has 0 aromatic heterocycles. The van der Waals surface area contributed by atoms with Crippen molar-refractivity contribution in [1.82, 2.24) is 5.06 Å². The van der Waals surface area contributed by atoms with Crippen molar-refractivity contribution >= 4 is 35.1 Å². The van der Waals surface area contributed by atoms with Crippen LogP contribution in [0.1, 0.15) is 19.8 Å². The van der Waals surface area contributed by atoms with E-state index in [1.165, 1.54) is 4.90 Å². The van der Waals surface area contributed by atoms with Gasteiger partial charge >= 0.3 is 12.1 Å². The number of anilines is 2. The fourth-order valence-corrected chi connectivity index (χ4v) is 3.61. The minimum Gasteiger partial charge on any atom is -0.456 e. The minimum absolute atomic E-state index is 0.00495. The largest absolute Gasteiger partial charge is 0.456 e. The molecule has 35 heavy (non-hydrogen) atoms. The molecule has 3 rings (SSSR count). The number of Topliss-reactive ketones (excluding diaryl/α,β-unsaturated/α-hetero) is 1. The summed E-state index contributed by atoms with van der Waals surface area (Å²) in [6.07, 6.45) is -5.56. The van der Waals surface area contributed by atoms with Gasteiger partial charge in [-0.2, -0.15) is 0 Å². The number of hydrogen-bond acceptors (Lipinski definition) is 8. The number of ether oxygens (including phenoxy) is 2. The number of benzene rings is 1. The average Bonchev–Trinajstić information content (AvgIpc) is 2.99. The normalized spacial score (nSPS) is 18.5. The molecular weight excluding hydrogens is 482 g/mol. The van der Waals surface area contributed by atoms with Crippen molar-refractivity contribution in [3.05, 3.63) is 23.8 Å². The highest BCUT2D eigenvalue weighted by Gasteiger charge is 2.34. The van der Waals surface area contributed by atoms with Crippen LogP contribution < -0.4 is 9.80 Å². The Morgan fingerprint density at radius 2 is 1.83 bits per heavy atom. The molecule has 14 heteroatoms. The number of amides is 2. The Morgan fingerprint density at radius 1 is 1.14 bits per heavy atom. The summed E-state index contributed by atoms with van der Waals surface area (Å²) in [4.78, 5) is 53.7. The SMILES string of the molecule is CC(=O)OCC(=O)N1CCN(c2c(F)cc(N3C[C@H](CCC(=O)C(F)F)OC3=O)cc2F)CCO1. The molecule has 1 atom stereocenters. The standard InChI is InChI=1S/C21H23F4N3O7/c1-12(29)33-11-18(31)28-5-4-26(6-7-34-28)19-15(22)8-13(9-16(19)23)27-10-14(35-21(27)32)2-3-17(30)20(24)25/h8-9,14,20H,2-7,10-11H2,1H3/t14-/m0/s1. The molecule has 1 aromatic rings. The molecule has 2 aliphatic heterocycles. The van der Waals surface area contributed by atoms with E-state index in [0.717, 1.165) is 29.0 Å². The molecule has 192 valence electrons. The van der Waals surface area contributed by atoms with Crippen LogP contribution >= 0.6 is 0 Å². The first-order valence-electron chi connectivity index (χ1n) is 10.7. The number of carbonyl (C=O) groups is 4. The highest BCUT2D eigenvalue weighted by Crippen LogP contribution is 2.32. The molecule has 0 aliphatic carbocycles. The maximum Gasteiger partial charge on any atom is 0.414 e. The van der Waals surface area contributed by atoms with E-state index in [4.69, 9.17) is 9.57 Å². The highest BCUT2D eigenvalue weighted by atomic mass is 19.3. The number of hydroxylamine groups is 2. The third-order valence-electron chi connectivity index (χ3n) is 5.32. The van der Waals surface area contributed by atoms with Gasteiger partial charge in [-0.25, -0.2) is 27.4 Å². The van der Waals surface area contributed by atoms with E-state index in [-0.39, 0.29) is 44.9 Å². The van der Waals surface area contributed by atoms with Gasteiger partial charge in [0.25, 0.3) is 12.3 Å². The monoisotopic (exact) mass is 505 g/mol. The molecule has 0 bridgehead atoms. The van der Waals surface area contributed by atoms with Crippen LogP contribution in [0.15, 0.2) is 12.1 Å². The van der Waals surface area contributed by atoms with Gasteiger partial charge in [0.2, 0.25) is 0 Å². The summed E-state index contributed by atoms with van der Waals surface area (Å²) in [6, 6.07) is 1.86. The summed E-state index contributed by atoms with van der Waals surface area (Å²) in [5.41, 5.74) is -0.529. The molecule has 2 fully saturated rings. The molecule has 0 radical (unpaired) electrons. The Labute approximate surface area is 197 Å². The zero-order chi connectivity index (χ0) is 25.7. The van der Waals surface area contributed by atoms with Crippen LogP contribution in [0.5, 0.6) is 0 Å². The van der Waals surface area contributed by atoms with Gasteiger partial charge in [-0.05, 0) is 6.42 Å². The zero-order valence-corrected chi connectivity index (χ0v) is 18.7. The van der Waals surface area contributed by atoms with E-state index in [0.29, 0.717) is 0 Å². The predicted molar refractivity (Wildman–Crippen MR) is 111 cm³/mol. The number of halogens is 4. The molecule has 2 amide bonds. The Morgan fingerprint density at radius 3 is 2.46 bits per heavy atom. The Hall–Kier alpha value is -3.42. The van der Waals surface area contributed by atoms with Gasteiger partial charge in [-0.15, -0.1) is 0 Å². The van der Waals surface area contributed by atoms with Crippen LogP contribution in [0.3, 0.4) is 0 Å². The molecular formula is C21H23F4N3O7. The van der Waals surface area contributed by atoms with Gasteiger partial charge in [0, 0.05) is 38.6 Å². The van der Waals surface area contributed by atoms with Crippen LogP contribution in [0.2, 0.25) is 0 Å². The molecule has 10 nitrogen and oxygen atoms in total. The van der Waals surface area contributed by atoms with E-state index >= 15 is 0 Å². The number of rotatable bonds is 8. The number of nitrogens with zero attached hydrogens (tertiary/aromatic N) is 3. The van der Waals surface area contributed by atoms with Crippen molar-refractivity contribution in [1.29, 1.82) is 0 Å². The van der Waals surface area contributed by atoms with E-state index < -0.39 is 66.6 Å². The molecule has 0 saturated carbocycles. The van der Waals surface area contributed by atoms with E-state index in [9.17, 15) is 36.7 Å². The van der Waals surface area contributed by atoms with Gasteiger partial charge in [0.15, 0.2) is 24.0 Å². The second kappa shape index (κ2) is 11.3. The Bertz CT molecular complexity index is 971. The second-order valence-electron chi connectivity index (χ2n) is 7.78. The predicted octanol–water partition coefficient (Wildman–Crippen LogP) is 2.05. The molecule has 2 saturated heterocycles. The van der Waals surface area contributed by atoms with Crippen molar-refractivity contribution in [3.63, 3.8) is 0 Å². The van der Waals surface area contributed by atoms with E-state index in [1.54, 1.807) is 0 Å². The molecule has 2 aliphatic rings. The molecule has 1 aromatic carbocycles. The first kappa shape index (κ1) is 26.2. The van der Waals surface area contributed by atoms with Crippen molar-refractivity contribution in [2.24, 2.45) is 0 Å². The molecule has 0 unspecified atom stereocenters. The first-order valence-corrected chi connectivity index (χ1v) is 10.7. The quantitative estimate of drug-likeness (QED) is 0.391. The van der Waals surface area contributed by atoms with Gasteiger partial charge in [-0.1, -0.05) is 0 Å². The van der Waals surface area contributed by atoms with Gasteiger partial charge < -0.3 is 14.4 Å². The summed E-state index contributed by atoms with van der Waals surface area (Å²) in [5, 5.41) is 0.951. The first-order chi connectivity index (χ1) is 16.6. The lowest BCUT2D eigenvalue weighted by molar-refractivity contribution is -0.187.